The molecule has 0 aromatic rings. The van der Waals surface area contributed by atoms with E-state index in [2.05, 4.69) is 24.1 Å². The molecule has 0 fully saturated rings. The van der Waals surface area contributed by atoms with Crippen LogP contribution in [0.1, 0.15) is 13.8 Å². The van der Waals surface area contributed by atoms with Gasteiger partial charge in [-0.05, 0) is 13.0 Å². The van der Waals surface area contributed by atoms with Crippen LogP contribution in [0.4, 0.5) is 4.79 Å². The van der Waals surface area contributed by atoms with E-state index in [-0.39, 0.29) is 0 Å². The molecular formula is C9H19N3O2. The number of urea groups is 1. The summed E-state index contributed by atoms with van der Waals surface area (Å²) in [5, 5.41) is 4.58. The molecule has 2 N–H and O–H groups in total. The van der Waals surface area contributed by atoms with Gasteiger partial charge in [-0.15, -0.1) is 0 Å². The van der Waals surface area contributed by atoms with Gasteiger partial charge in [-0.25, -0.2) is 4.79 Å². The Hall–Kier alpha value is -1.10. The van der Waals surface area contributed by atoms with Crippen molar-refractivity contribution in [3.63, 3.8) is 0 Å². The molecule has 0 bridgehead atoms. The summed E-state index contributed by atoms with van der Waals surface area (Å²) in [6, 6.07) is -0.446. The molecule has 0 aliphatic heterocycles. The number of nitrogens with zero attached hydrogens (tertiary/aromatic N) is 1. The highest BCUT2D eigenvalue weighted by molar-refractivity contribution is 5.84. The van der Waals surface area contributed by atoms with E-state index in [1.807, 2.05) is 12.4 Å². The fraction of sp³-hybridized carbons (Fsp3) is 0.778. The Morgan fingerprint density at radius 2 is 2.14 bits per heavy atom. The fourth-order valence-corrected chi connectivity index (χ4v) is 1.18. The lowest BCUT2D eigenvalue weighted by Gasteiger charge is -2.18. The van der Waals surface area contributed by atoms with Crippen molar-refractivity contribution in [1.29, 1.82) is 0 Å². The Morgan fingerprint density at radius 3 is 2.64 bits per heavy atom. The van der Waals surface area contributed by atoms with Gasteiger partial charge in [-0.2, -0.15) is 0 Å². The summed E-state index contributed by atoms with van der Waals surface area (Å²) in [4.78, 5) is 22.8. The lowest BCUT2D eigenvalue weighted by molar-refractivity contribution is -0.108. The fourth-order valence-electron chi connectivity index (χ4n) is 1.18. The molecule has 0 radical (unpaired) electrons. The average molecular weight is 201 g/mol. The number of carbonyl (C=O) groups is 2. The van der Waals surface area contributed by atoms with Crippen LogP contribution in [0.2, 0.25) is 0 Å². The molecule has 14 heavy (non-hydrogen) atoms. The number of carbonyl (C=O) groups excluding carboxylic acids is 2. The van der Waals surface area contributed by atoms with Gasteiger partial charge in [-0.1, -0.05) is 13.8 Å². The third-order valence-electron chi connectivity index (χ3n) is 1.65. The van der Waals surface area contributed by atoms with E-state index in [0.717, 1.165) is 13.1 Å². The van der Waals surface area contributed by atoms with Crippen LogP contribution in [0.5, 0.6) is 0 Å². The van der Waals surface area contributed by atoms with Gasteiger partial charge in [0.25, 0.3) is 0 Å². The number of likely N-dealkylation sites (N-methyl/N-ethyl adjacent to an activating group) is 1. The molecule has 82 valence electrons. The summed E-state index contributed by atoms with van der Waals surface area (Å²) >= 11 is 0. The normalized spacial score (nSPS) is 10.4. The first kappa shape index (κ1) is 12.9. The minimum absolute atomic E-state index is 0.368. The molecule has 0 aliphatic rings. The Kier molecular flexibility index (Phi) is 6.74. The van der Waals surface area contributed by atoms with Gasteiger partial charge < -0.3 is 10.2 Å². The van der Waals surface area contributed by atoms with Gasteiger partial charge in [0.1, 0.15) is 0 Å². The summed E-state index contributed by atoms with van der Waals surface area (Å²) in [5.41, 5.74) is 0. The van der Waals surface area contributed by atoms with E-state index in [9.17, 15) is 9.59 Å². The predicted octanol–water partition coefficient (Wildman–Crippen LogP) is 0.0298. The summed E-state index contributed by atoms with van der Waals surface area (Å²) in [6.45, 7) is 6.61. The Morgan fingerprint density at radius 1 is 1.50 bits per heavy atom. The second kappa shape index (κ2) is 7.32. The number of imide groups is 1. The second-order valence-corrected chi connectivity index (χ2v) is 3.67. The van der Waals surface area contributed by atoms with E-state index in [1.165, 1.54) is 0 Å². The molecule has 0 atom stereocenters. The van der Waals surface area contributed by atoms with E-state index < -0.39 is 6.03 Å². The number of amides is 3. The van der Waals surface area contributed by atoms with Crippen molar-refractivity contribution in [1.82, 2.24) is 15.5 Å². The van der Waals surface area contributed by atoms with Crippen LogP contribution in [0.15, 0.2) is 0 Å². The molecule has 3 amide bonds. The monoisotopic (exact) mass is 201 g/mol. The minimum atomic E-state index is -0.446. The average Bonchev–Trinajstić information content (AvgIpc) is 2.02. The molecule has 0 spiro atoms. The molecule has 5 nitrogen and oxygen atoms in total. The van der Waals surface area contributed by atoms with Crippen LogP contribution >= 0.6 is 0 Å². The maximum atomic E-state index is 10.8. The Bertz CT molecular complexity index is 183. The van der Waals surface area contributed by atoms with Crippen LogP contribution in [0, 0.1) is 5.92 Å². The molecule has 0 heterocycles. The quantitative estimate of drug-likeness (QED) is 0.596. The number of hydrogen-bond donors (Lipinski definition) is 2. The van der Waals surface area contributed by atoms with Gasteiger partial charge in [0.05, 0.1) is 0 Å². The second-order valence-electron chi connectivity index (χ2n) is 3.67. The summed E-state index contributed by atoms with van der Waals surface area (Å²) in [6.07, 6.45) is 0.368. The molecule has 0 saturated heterocycles. The van der Waals surface area contributed by atoms with Crippen LogP contribution in [0.25, 0.3) is 0 Å². The van der Waals surface area contributed by atoms with Crippen molar-refractivity contribution in [2.45, 2.75) is 13.8 Å². The van der Waals surface area contributed by atoms with Gasteiger partial charge >= 0.3 is 6.03 Å². The molecule has 0 aliphatic carbocycles. The summed E-state index contributed by atoms with van der Waals surface area (Å²) < 4.78 is 0. The van der Waals surface area contributed by atoms with Gasteiger partial charge in [0.2, 0.25) is 6.41 Å². The molecule has 0 unspecified atom stereocenters. The van der Waals surface area contributed by atoms with Crippen LogP contribution in [0.3, 0.4) is 0 Å². The van der Waals surface area contributed by atoms with Crippen LogP contribution in [-0.4, -0.2) is 44.0 Å². The molecule has 0 rings (SSSR count). The highest BCUT2D eigenvalue weighted by atomic mass is 16.2. The van der Waals surface area contributed by atoms with Gasteiger partial charge in [0, 0.05) is 19.6 Å². The first-order valence-electron chi connectivity index (χ1n) is 4.72. The topological polar surface area (TPSA) is 61.4 Å². The maximum Gasteiger partial charge on any atom is 0.321 e. The molecule has 0 aromatic carbocycles. The molecule has 0 saturated carbocycles. The third kappa shape index (κ3) is 7.54. The summed E-state index contributed by atoms with van der Waals surface area (Å²) in [7, 11) is 2.00. The van der Waals surface area contributed by atoms with Crippen molar-refractivity contribution in [3.8, 4) is 0 Å². The van der Waals surface area contributed by atoms with E-state index in [1.54, 1.807) is 0 Å². The number of nitrogens with one attached hydrogen (secondary N) is 2. The van der Waals surface area contributed by atoms with E-state index >= 15 is 0 Å². The largest absolute Gasteiger partial charge is 0.337 e. The standard InChI is InChI=1S/C9H19N3O2/c1-8(2)6-12(3)5-4-10-9(14)11-7-13/h7-8H,4-6H2,1-3H3,(H2,10,11,13,14). The van der Waals surface area contributed by atoms with Gasteiger partial charge in [0.15, 0.2) is 0 Å². The van der Waals surface area contributed by atoms with E-state index in [4.69, 9.17) is 0 Å². The highest BCUT2D eigenvalue weighted by Gasteiger charge is 2.02. The van der Waals surface area contributed by atoms with Crippen molar-refractivity contribution in [2.24, 2.45) is 5.92 Å². The Balaban J connectivity index is 3.43. The third-order valence-corrected chi connectivity index (χ3v) is 1.65. The Labute approximate surface area is 84.8 Å². The SMILES string of the molecule is CC(C)CN(C)CCNC(=O)NC=O. The molecule has 5 heteroatoms. The zero-order valence-corrected chi connectivity index (χ0v) is 9.04. The number of hydrogen-bond acceptors (Lipinski definition) is 3. The lowest BCUT2D eigenvalue weighted by atomic mass is 10.2. The molecule has 0 aromatic heterocycles. The zero-order chi connectivity index (χ0) is 11.0. The first-order valence-corrected chi connectivity index (χ1v) is 4.72. The predicted molar refractivity (Wildman–Crippen MR) is 54.9 cm³/mol. The maximum absolute atomic E-state index is 10.8. The van der Waals surface area contributed by atoms with Crippen LogP contribution in [-0.2, 0) is 4.79 Å². The minimum Gasteiger partial charge on any atom is -0.337 e. The van der Waals surface area contributed by atoms with Crippen LogP contribution < -0.4 is 10.6 Å². The van der Waals surface area contributed by atoms with Crippen molar-refractivity contribution in [2.75, 3.05) is 26.7 Å². The summed E-state index contributed by atoms with van der Waals surface area (Å²) in [5.74, 6) is 0.615. The smallest absolute Gasteiger partial charge is 0.321 e. The molecular weight excluding hydrogens is 182 g/mol. The van der Waals surface area contributed by atoms with Crippen molar-refractivity contribution in [3.05, 3.63) is 0 Å². The zero-order valence-electron chi connectivity index (χ0n) is 9.04. The van der Waals surface area contributed by atoms with Gasteiger partial charge in [-0.3, -0.25) is 10.1 Å². The first-order chi connectivity index (χ1) is 6.56. The van der Waals surface area contributed by atoms with E-state index in [0.29, 0.717) is 18.9 Å². The van der Waals surface area contributed by atoms with Crippen molar-refractivity contribution >= 4 is 12.4 Å². The lowest BCUT2D eigenvalue weighted by Crippen LogP contribution is -2.39. The van der Waals surface area contributed by atoms with Crippen molar-refractivity contribution < 1.29 is 9.59 Å². The number of rotatable bonds is 6. The highest BCUT2D eigenvalue weighted by Crippen LogP contribution is 1.93.